The molecule has 1 fully saturated rings. The summed E-state index contributed by atoms with van der Waals surface area (Å²) in [5.74, 6) is 1.39. The molecule has 1 saturated heterocycles. The molecule has 0 aromatic heterocycles. The predicted molar refractivity (Wildman–Crippen MR) is 116 cm³/mol. The number of benzene rings is 3. The van der Waals surface area contributed by atoms with Gasteiger partial charge in [-0.3, -0.25) is 9.59 Å². The van der Waals surface area contributed by atoms with E-state index in [0.29, 0.717) is 30.0 Å². The van der Waals surface area contributed by atoms with Crippen molar-refractivity contribution in [3.05, 3.63) is 96.1 Å². The average Bonchev–Trinajstić information content (AvgIpc) is 2.81. The van der Waals surface area contributed by atoms with Gasteiger partial charge in [0, 0.05) is 30.3 Å². The van der Waals surface area contributed by atoms with Crippen LogP contribution in [0.25, 0.3) is 0 Å². The van der Waals surface area contributed by atoms with Crippen LogP contribution in [0.15, 0.2) is 84.9 Å². The van der Waals surface area contributed by atoms with Gasteiger partial charge in [-0.25, -0.2) is 0 Å². The molecule has 0 radical (unpaired) electrons. The second kappa shape index (κ2) is 9.27. The third-order valence-electron chi connectivity index (χ3n) is 5.23. The summed E-state index contributed by atoms with van der Waals surface area (Å²) in [6, 6.07) is 26.0. The summed E-state index contributed by atoms with van der Waals surface area (Å²) >= 11 is 0. The van der Waals surface area contributed by atoms with E-state index in [1.54, 1.807) is 24.3 Å². The van der Waals surface area contributed by atoms with Crippen LogP contribution in [0.1, 0.15) is 33.6 Å². The van der Waals surface area contributed by atoms with Crippen molar-refractivity contribution in [2.24, 2.45) is 0 Å². The van der Waals surface area contributed by atoms with Gasteiger partial charge in [0.05, 0.1) is 0 Å². The maximum Gasteiger partial charge on any atom is 0.253 e. The van der Waals surface area contributed by atoms with Crippen LogP contribution in [0.2, 0.25) is 0 Å². The summed E-state index contributed by atoms with van der Waals surface area (Å²) in [5.41, 5.74) is 1.30. The third-order valence-corrected chi connectivity index (χ3v) is 5.23. The van der Waals surface area contributed by atoms with Crippen molar-refractivity contribution in [3.8, 4) is 11.5 Å². The third kappa shape index (κ3) is 4.87. The first kappa shape index (κ1) is 19.7. The highest BCUT2D eigenvalue weighted by molar-refractivity contribution is 5.95. The number of hydrogen-bond acceptors (Lipinski definition) is 3. The van der Waals surface area contributed by atoms with Gasteiger partial charge >= 0.3 is 0 Å². The summed E-state index contributed by atoms with van der Waals surface area (Å²) in [6.45, 7) is 1.28. The fraction of sp³-hybridized carbons (Fsp3) is 0.200. The van der Waals surface area contributed by atoms with Crippen molar-refractivity contribution >= 4 is 11.8 Å². The fourth-order valence-electron chi connectivity index (χ4n) is 3.56. The summed E-state index contributed by atoms with van der Waals surface area (Å²) in [6.07, 6.45) is 1.50. The van der Waals surface area contributed by atoms with Crippen LogP contribution in [0.4, 0.5) is 0 Å². The average molecular weight is 400 g/mol. The number of rotatable bonds is 5. The molecular weight excluding hydrogens is 376 g/mol. The van der Waals surface area contributed by atoms with Gasteiger partial charge < -0.3 is 15.0 Å². The Bertz CT molecular complexity index is 980. The predicted octanol–water partition coefficient (Wildman–Crippen LogP) is 4.51. The Balaban J connectivity index is 1.28. The Labute approximate surface area is 176 Å². The molecule has 5 nitrogen and oxygen atoms in total. The monoisotopic (exact) mass is 400 g/mol. The molecule has 4 rings (SSSR count). The highest BCUT2D eigenvalue weighted by atomic mass is 16.5. The molecule has 1 heterocycles. The molecule has 30 heavy (non-hydrogen) atoms. The van der Waals surface area contributed by atoms with Gasteiger partial charge in [0.1, 0.15) is 11.5 Å². The topological polar surface area (TPSA) is 58.6 Å². The minimum atomic E-state index is -0.103. The lowest BCUT2D eigenvalue weighted by atomic mass is 10.0. The fourth-order valence-corrected chi connectivity index (χ4v) is 3.56. The first-order valence-electron chi connectivity index (χ1n) is 10.2. The number of amides is 2. The SMILES string of the molecule is O=C(NC1CCN(C(=O)c2ccccc2)CC1)c1ccc(Oc2ccccc2)cc1. The van der Waals surface area contributed by atoms with Gasteiger partial charge in [-0.1, -0.05) is 36.4 Å². The molecule has 0 atom stereocenters. The molecule has 0 bridgehead atoms. The maximum atomic E-state index is 12.6. The molecule has 152 valence electrons. The summed E-state index contributed by atoms with van der Waals surface area (Å²) < 4.78 is 5.76. The lowest BCUT2D eigenvalue weighted by molar-refractivity contribution is 0.0698. The van der Waals surface area contributed by atoms with Crippen LogP contribution in [-0.2, 0) is 0 Å². The zero-order valence-corrected chi connectivity index (χ0v) is 16.7. The molecule has 1 N–H and O–H groups in total. The van der Waals surface area contributed by atoms with Gasteiger partial charge in [-0.2, -0.15) is 0 Å². The van der Waals surface area contributed by atoms with Crippen LogP contribution in [0.5, 0.6) is 11.5 Å². The van der Waals surface area contributed by atoms with Crippen LogP contribution >= 0.6 is 0 Å². The first-order chi connectivity index (χ1) is 14.7. The normalized spacial score (nSPS) is 14.2. The van der Waals surface area contributed by atoms with Gasteiger partial charge in [0.25, 0.3) is 11.8 Å². The van der Waals surface area contributed by atoms with E-state index >= 15 is 0 Å². The smallest absolute Gasteiger partial charge is 0.253 e. The van der Waals surface area contributed by atoms with E-state index in [1.807, 2.05) is 65.6 Å². The number of carbonyl (C=O) groups is 2. The van der Waals surface area contributed by atoms with Crippen molar-refractivity contribution in [2.45, 2.75) is 18.9 Å². The summed E-state index contributed by atoms with van der Waals surface area (Å²) in [7, 11) is 0. The summed E-state index contributed by atoms with van der Waals surface area (Å²) in [4.78, 5) is 27.0. The number of ether oxygens (including phenoxy) is 1. The molecule has 0 spiro atoms. The van der Waals surface area contributed by atoms with Crippen molar-refractivity contribution in [1.82, 2.24) is 10.2 Å². The molecular formula is C25H24N2O3. The number of carbonyl (C=O) groups excluding carboxylic acids is 2. The zero-order chi connectivity index (χ0) is 20.8. The number of piperidine rings is 1. The number of hydrogen-bond donors (Lipinski definition) is 1. The van der Waals surface area contributed by atoms with E-state index < -0.39 is 0 Å². The van der Waals surface area contributed by atoms with Gasteiger partial charge in [-0.15, -0.1) is 0 Å². The largest absolute Gasteiger partial charge is 0.457 e. The number of nitrogens with zero attached hydrogens (tertiary/aromatic N) is 1. The van der Waals surface area contributed by atoms with E-state index in [9.17, 15) is 9.59 Å². The van der Waals surface area contributed by atoms with E-state index in [4.69, 9.17) is 4.74 Å². The molecule has 0 unspecified atom stereocenters. The van der Waals surface area contributed by atoms with Gasteiger partial charge in [0.15, 0.2) is 0 Å². The molecule has 3 aromatic rings. The molecule has 5 heteroatoms. The van der Waals surface area contributed by atoms with Crippen LogP contribution in [0.3, 0.4) is 0 Å². The van der Waals surface area contributed by atoms with E-state index in [0.717, 1.165) is 18.6 Å². The molecule has 1 aliphatic rings. The van der Waals surface area contributed by atoms with Crippen molar-refractivity contribution in [1.29, 1.82) is 0 Å². The Kier molecular flexibility index (Phi) is 6.09. The molecule has 1 aliphatic heterocycles. The van der Waals surface area contributed by atoms with Crippen molar-refractivity contribution < 1.29 is 14.3 Å². The highest BCUT2D eigenvalue weighted by Crippen LogP contribution is 2.21. The molecule has 0 saturated carbocycles. The minimum absolute atomic E-state index is 0.0504. The van der Waals surface area contributed by atoms with Crippen molar-refractivity contribution in [3.63, 3.8) is 0 Å². The minimum Gasteiger partial charge on any atom is -0.457 e. The Morgan fingerprint density at radius 1 is 0.733 bits per heavy atom. The molecule has 2 amide bonds. The van der Waals surface area contributed by atoms with Crippen molar-refractivity contribution in [2.75, 3.05) is 13.1 Å². The Hall–Kier alpha value is -3.60. The van der Waals surface area contributed by atoms with Crippen LogP contribution < -0.4 is 10.1 Å². The second-order valence-corrected chi connectivity index (χ2v) is 7.35. The lowest BCUT2D eigenvalue weighted by Gasteiger charge is -2.32. The van der Waals surface area contributed by atoms with E-state index in [-0.39, 0.29) is 17.9 Å². The Morgan fingerprint density at radius 3 is 1.93 bits per heavy atom. The van der Waals surface area contributed by atoms with Crippen LogP contribution in [-0.4, -0.2) is 35.8 Å². The second-order valence-electron chi connectivity index (χ2n) is 7.35. The lowest BCUT2D eigenvalue weighted by Crippen LogP contribution is -2.46. The Morgan fingerprint density at radius 2 is 1.30 bits per heavy atom. The van der Waals surface area contributed by atoms with E-state index in [1.165, 1.54) is 0 Å². The molecule has 3 aromatic carbocycles. The van der Waals surface area contributed by atoms with Crippen LogP contribution in [0, 0.1) is 0 Å². The number of nitrogens with one attached hydrogen (secondary N) is 1. The van der Waals surface area contributed by atoms with Gasteiger partial charge in [0.2, 0.25) is 0 Å². The first-order valence-corrected chi connectivity index (χ1v) is 10.2. The quantitative estimate of drug-likeness (QED) is 0.685. The van der Waals surface area contributed by atoms with E-state index in [2.05, 4.69) is 5.32 Å². The van der Waals surface area contributed by atoms with Gasteiger partial charge in [-0.05, 0) is 61.4 Å². The summed E-state index contributed by atoms with van der Waals surface area (Å²) in [5, 5.41) is 3.09. The highest BCUT2D eigenvalue weighted by Gasteiger charge is 2.24. The molecule has 0 aliphatic carbocycles. The zero-order valence-electron chi connectivity index (χ0n) is 16.7. The maximum absolute atomic E-state index is 12.6. The number of para-hydroxylation sites is 1. The number of likely N-dealkylation sites (tertiary alicyclic amines) is 1. The standard InChI is InChI=1S/C25H24N2O3/c28-24(19-11-13-23(14-12-19)30-22-9-5-2-6-10-22)26-21-15-17-27(18-16-21)25(29)20-7-3-1-4-8-20/h1-14,21H,15-18H2,(H,26,28).